The Morgan fingerprint density at radius 1 is 1.00 bits per heavy atom. The molecule has 0 bridgehead atoms. The first-order valence-corrected chi connectivity index (χ1v) is 14.0. The van der Waals surface area contributed by atoms with Crippen molar-refractivity contribution < 1.29 is 28.8 Å². The molecule has 1 fully saturated rings. The van der Waals surface area contributed by atoms with Gasteiger partial charge < -0.3 is 24.1 Å². The number of carbonyl (C=O) groups excluding carboxylic acids is 1. The molecule has 0 amide bonds. The fourth-order valence-electron chi connectivity index (χ4n) is 4.27. The number of carbonyl (C=O) groups is 1. The van der Waals surface area contributed by atoms with Gasteiger partial charge in [0.1, 0.15) is 31.2 Å². The molecule has 1 N–H and O–H groups in total. The number of halogens is 3. The maximum Gasteiger partial charge on any atom is 0.303 e. The van der Waals surface area contributed by atoms with Crippen LogP contribution in [0.3, 0.4) is 0 Å². The number of hydrogen-bond donors (Lipinski definition) is 1. The van der Waals surface area contributed by atoms with E-state index in [-0.39, 0.29) is 43.0 Å². The quantitative estimate of drug-likeness (QED) is 0.244. The number of ether oxygens (including phenoxy) is 4. The molecule has 1 heterocycles. The topological polar surface area (TPSA) is 77.5 Å². The zero-order valence-electron chi connectivity index (χ0n) is 22.0. The summed E-state index contributed by atoms with van der Waals surface area (Å²) in [7, 11) is 0. The van der Waals surface area contributed by atoms with E-state index >= 15 is 0 Å². The predicted molar refractivity (Wildman–Crippen MR) is 150 cm³/mol. The second-order valence-electron chi connectivity index (χ2n) is 9.53. The van der Waals surface area contributed by atoms with Crippen LogP contribution >= 0.6 is 34.8 Å². The highest BCUT2D eigenvalue weighted by Gasteiger charge is 2.22. The van der Waals surface area contributed by atoms with Crippen LogP contribution in [0.5, 0.6) is 11.5 Å². The Labute approximate surface area is 239 Å². The van der Waals surface area contributed by atoms with Crippen LogP contribution in [-0.2, 0) is 14.3 Å². The number of esters is 1. The number of benzene rings is 2. The first kappa shape index (κ1) is 30.8. The highest BCUT2D eigenvalue weighted by molar-refractivity contribution is 6.37. The molecule has 2 unspecified atom stereocenters. The minimum absolute atomic E-state index is 0.0114. The van der Waals surface area contributed by atoms with E-state index in [1.807, 2.05) is 36.4 Å². The van der Waals surface area contributed by atoms with Gasteiger partial charge in [-0.1, -0.05) is 49.2 Å². The smallest absolute Gasteiger partial charge is 0.303 e. The Kier molecular flexibility index (Phi) is 12.3. The number of nitrogens with zero attached hydrogens (tertiary/aromatic N) is 1. The second-order valence-corrected chi connectivity index (χ2v) is 10.7. The molecule has 0 radical (unpaired) electrons. The molecular weight excluding hydrogens is 553 g/mol. The Bertz CT molecular complexity index is 1010. The Morgan fingerprint density at radius 3 is 2.18 bits per heavy atom. The molecule has 1 saturated heterocycles. The third-order valence-corrected chi connectivity index (χ3v) is 7.55. The lowest BCUT2D eigenvalue weighted by Gasteiger charge is -2.30. The van der Waals surface area contributed by atoms with Gasteiger partial charge in [0.05, 0.1) is 29.1 Å². The molecule has 7 nitrogen and oxygen atoms in total. The van der Waals surface area contributed by atoms with E-state index in [0.29, 0.717) is 41.3 Å². The lowest BCUT2D eigenvalue weighted by atomic mass is 9.84. The van der Waals surface area contributed by atoms with Crippen LogP contribution in [0.4, 0.5) is 0 Å². The van der Waals surface area contributed by atoms with Crippen molar-refractivity contribution in [3.05, 3.63) is 57.6 Å². The summed E-state index contributed by atoms with van der Waals surface area (Å²) in [6.45, 7) is 9.55. The number of rotatable bonds is 13. The van der Waals surface area contributed by atoms with Crippen LogP contribution in [0, 0.1) is 0 Å². The van der Waals surface area contributed by atoms with Crippen LogP contribution in [0.15, 0.2) is 36.4 Å². The number of hydrogen-bond acceptors (Lipinski definition) is 7. The minimum Gasteiger partial charge on any atom is -0.490 e. The van der Waals surface area contributed by atoms with Crippen molar-refractivity contribution >= 4 is 40.8 Å². The van der Waals surface area contributed by atoms with Crippen LogP contribution in [-0.4, -0.2) is 80.1 Å². The fraction of sp³-hybridized carbons (Fsp3) is 0.536. The van der Waals surface area contributed by atoms with E-state index < -0.39 is 6.10 Å². The molecule has 1 aliphatic heterocycles. The van der Waals surface area contributed by atoms with Crippen molar-refractivity contribution in [3.8, 4) is 11.5 Å². The van der Waals surface area contributed by atoms with Gasteiger partial charge in [0.25, 0.3) is 0 Å². The van der Waals surface area contributed by atoms with E-state index in [1.54, 1.807) is 0 Å². The maximum absolute atomic E-state index is 11.6. The van der Waals surface area contributed by atoms with E-state index in [0.717, 1.165) is 24.2 Å². The number of aliphatic hydroxyl groups is 1. The summed E-state index contributed by atoms with van der Waals surface area (Å²) >= 11 is 18.5. The van der Waals surface area contributed by atoms with Crippen LogP contribution in [0.1, 0.15) is 43.7 Å². The molecule has 10 heteroatoms. The standard InChI is InChI=1S/C28H36Cl3NO6/c1-18(19(2)22-12-26(30)28(27(31)13-22)37-16-23(34)14-29)21-4-6-24(7-5-21)36-17-25(38-20(3)33)15-32-8-10-35-11-9-32/h4-7,12-13,18-19,23,25,34H,8-11,14-17H2,1-3H3/t18?,19?,23-,25+/m1/s1. The number of alkyl halides is 1. The zero-order chi connectivity index (χ0) is 27.7. The van der Waals surface area contributed by atoms with Gasteiger partial charge in [-0.25, -0.2) is 0 Å². The Hall–Kier alpha value is -1.74. The summed E-state index contributed by atoms with van der Waals surface area (Å²) in [4.78, 5) is 13.8. The third kappa shape index (κ3) is 9.18. The average molecular weight is 589 g/mol. The molecule has 0 aromatic heterocycles. The first-order valence-electron chi connectivity index (χ1n) is 12.7. The normalized spacial score (nSPS) is 17.3. The SMILES string of the molecule is CC(=O)O[C@H](COc1ccc(C(C)C(C)c2cc(Cl)c(OC[C@H](O)CCl)c(Cl)c2)cc1)CN1CCOCC1. The summed E-state index contributed by atoms with van der Waals surface area (Å²) in [5.74, 6) is 1.06. The summed E-state index contributed by atoms with van der Waals surface area (Å²) in [6.07, 6.45) is -1.16. The first-order chi connectivity index (χ1) is 18.2. The zero-order valence-corrected chi connectivity index (χ0v) is 24.3. The lowest BCUT2D eigenvalue weighted by molar-refractivity contribution is -0.149. The molecule has 1 aliphatic rings. The van der Waals surface area contributed by atoms with E-state index in [1.165, 1.54) is 6.92 Å². The average Bonchev–Trinajstić information content (AvgIpc) is 2.90. The largest absolute Gasteiger partial charge is 0.490 e. The summed E-state index contributed by atoms with van der Waals surface area (Å²) in [5, 5.41) is 10.4. The monoisotopic (exact) mass is 587 g/mol. The van der Waals surface area contributed by atoms with Crippen molar-refractivity contribution in [2.24, 2.45) is 0 Å². The van der Waals surface area contributed by atoms with E-state index in [2.05, 4.69) is 18.7 Å². The third-order valence-electron chi connectivity index (χ3n) is 6.63. The van der Waals surface area contributed by atoms with Crippen LogP contribution < -0.4 is 9.47 Å². The molecule has 3 rings (SSSR count). The summed E-state index contributed by atoms with van der Waals surface area (Å²) in [5.41, 5.74) is 2.11. The van der Waals surface area contributed by atoms with Crippen molar-refractivity contribution in [2.45, 2.75) is 44.8 Å². The van der Waals surface area contributed by atoms with Crippen molar-refractivity contribution in [1.29, 1.82) is 0 Å². The summed E-state index contributed by atoms with van der Waals surface area (Å²) < 4.78 is 22.4. The van der Waals surface area contributed by atoms with Gasteiger partial charge in [-0.2, -0.15) is 0 Å². The van der Waals surface area contributed by atoms with Gasteiger partial charge in [-0.15, -0.1) is 11.6 Å². The molecule has 38 heavy (non-hydrogen) atoms. The minimum atomic E-state index is -0.799. The molecule has 0 aliphatic carbocycles. The second kappa shape index (κ2) is 15.2. The molecule has 2 aromatic rings. The van der Waals surface area contributed by atoms with Crippen molar-refractivity contribution in [3.63, 3.8) is 0 Å². The van der Waals surface area contributed by atoms with Gasteiger partial charge in [0, 0.05) is 26.6 Å². The van der Waals surface area contributed by atoms with E-state index in [4.69, 9.17) is 53.8 Å². The molecule has 0 saturated carbocycles. The fourth-order valence-corrected chi connectivity index (χ4v) is 4.97. The summed E-state index contributed by atoms with van der Waals surface area (Å²) in [6, 6.07) is 11.6. The molecular formula is C28H36Cl3NO6. The highest BCUT2D eigenvalue weighted by Crippen LogP contribution is 2.40. The lowest BCUT2D eigenvalue weighted by Crippen LogP contribution is -2.43. The number of morpholine rings is 1. The van der Waals surface area contributed by atoms with Crippen LogP contribution in [0.2, 0.25) is 10.0 Å². The number of aliphatic hydroxyl groups excluding tert-OH is 1. The highest BCUT2D eigenvalue weighted by atomic mass is 35.5. The van der Waals surface area contributed by atoms with Gasteiger partial charge in [-0.05, 0) is 47.2 Å². The predicted octanol–water partition coefficient (Wildman–Crippen LogP) is 5.52. The molecule has 210 valence electrons. The molecule has 0 spiro atoms. The van der Waals surface area contributed by atoms with Gasteiger partial charge in [0.15, 0.2) is 5.75 Å². The van der Waals surface area contributed by atoms with E-state index in [9.17, 15) is 9.90 Å². The van der Waals surface area contributed by atoms with Gasteiger partial charge in [0.2, 0.25) is 0 Å². The van der Waals surface area contributed by atoms with Gasteiger partial charge in [-0.3, -0.25) is 9.69 Å². The van der Waals surface area contributed by atoms with Crippen LogP contribution in [0.25, 0.3) is 0 Å². The Morgan fingerprint density at radius 2 is 1.61 bits per heavy atom. The van der Waals surface area contributed by atoms with Crippen molar-refractivity contribution in [1.82, 2.24) is 4.90 Å². The van der Waals surface area contributed by atoms with Gasteiger partial charge >= 0.3 is 5.97 Å². The molecule has 4 atom stereocenters. The van der Waals surface area contributed by atoms with Crippen molar-refractivity contribution in [2.75, 3.05) is 51.9 Å². The molecule has 2 aromatic carbocycles. The Balaban J connectivity index is 1.60. The maximum atomic E-state index is 11.6.